The molecule has 3 amide bonds. The summed E-state index contributed by atoms with van der Waals surface area (Å²) in [6.07, 6.45) is -5.34. The first-order chi connectivity index (χ1) is 11.5. The number of nitrogens with one attached hydrogen (secondary N) is 2. The lowest BCUT2D eigenvalue weighted by molar-refractivity contribution is -0.137. The number of primary amides is 1. The van der Waals surface area contributed by atoms with E-state index in [2.05, 4.69) is 15.6 Å². The third-order valence-electron chi connectivity index (χ3n) is 3.03. The molecule has 0 aliphatic heterocycles. The highest BCUT2D eigenvalue weighted by Gasteiger charge is 2.36. The second-order valence-electron chi connectivity index (χ2n) is 4.90. The normalized spacial score (nSPS) is 12.4. The van der Waals surface area contributed by atoms with E-state index < -0.39 is 40.7 Å². The minimum atomic E-state index is -4.70. The average Bonchev–Trinajstić information content (AvgIpc) is 2.91. The maximum atomic E-state index is 12.6. The number of likely N-dealkylation sites (N-methyl/N-ethyl adjacent to an activating group) is 1. The number of Topliss-reactive ketones (excluding diaryl/α,β-unsaturated/α-hetero) is 1. The molecule has 1 rings (SSSR count). The minimum Gasteiger partial charge on any atom is -0.368 e. The molecule has 0 aromatic carbocycles. The third kappa shape index (κ3) is 5.52. The minimum absolute atomic E-state index is 0.130. The third-order valence-corrected chi connectivity index (χ3v) is 4.24. The van der Waals surface area contributed by atoms with E-state index in [0.717, 1.165) is 0 Å². The fraction of sp³-hybridized carbons (Fsp3) is 0.462. The highest BCUT2D eigenvalue weighted by atomic mass is 32.1. The Hall–Kier alpha value is -2.50. The molecule has 1 unspecified atom stereocenters. The number of alkyl halides is 3. The summed E-state index contributed by atoms with van der Waals surface area (Å²) >= 11 is 0.130. The van der Waals surface area contributed by atoms with E-state index in [9.17, 15) is 32.3 Å². The van der Waals surface area contributed by atoms with Gasteiger partial charge >= 0.3 is 6.18 Å². The summed E-state index contributed by atoms with van der Waals surface area (Å²) in [4.78, 5) is 48.9. The lowest BCUT2D eigenvalue weighted by Crippen LogP contribution is -2.45. The van der Waals surface area contributed by atoms with Gasteiger partial charge in [-0.25, -0.2) is 4.98 Å². The molecule has 1 aromatic heterocycles. The Kier molecular flexibility index (Phi) is 6.62. The van der Waals surface area contributed by atoms with Crippen LogP contribution in [-0.4, -0.2) is 41.6 Å². The Morgan fingerprint density at radius 1 is 1.28 bits per heavy atom. The smallest absolute Gasteiger partial charge is 0.368 e. The number of halogens is 3. The van der Waals surface area contributed by atoms with Gasteiger partial charge in [0, 0.05) is 13.5 Å². The van der Waals surface area contributed by atoms with E-state index in [-0.39, 0.29) is 34.7 Å². The number of carbonyl (C=O) groups excluding carboxylic acids is 4. The molecule has 1 heterocycles. The van der Waals surface area contributed by atoms with Gasteiger partial charge in [0.05, 0.1) is 5.69 Å². The SMILES string of the molecule is CNC(=O)C(=O)CCC(NC(=O)c1sc(C(F)(F)F)nc1C)C(N)=O. The number of rotatable bonds is 7. The van der Waals surface area contributed by atoms with E-state index in [1.54, 1.807) is 0 Å². The molecule has 12 heteroatoms. The Labute approximate surface area is 144 Å². The molecule has 0 bridgehead atoms. The van der Waals surface area contributed by atoms with Gasteiger partial charge in [0.15, 0.2) is 5.01 Å². The van der Waals surface area contributed by atoms with Gasteiger partial charge in [-0.05, 0) is 13.3 Å². The summed E-state index contributed by atoms with van der Waals surface area (Å²) in [7, 11) is 1.25. The van der Waals surface area contributed by atoms with Crippen LogP contribution in [0.2, 0.25) is 0 Å². The standard InChI is InChI=1S/C13H15F3N4O4S/c1-5-8(25-12(19-5)13(14,15)16)11(24)20-6(9(17)22)3-4-7(21)10(23)18-2/h6H,3-4H2,1-2H3,(H2,17,22)(H,18,23)(H,20,24). The predicted molar refractivity (Wildman–Crippen MR) is 80.6 cm³/mol. The predicted octanol–water partition coefficient (Wildman–Crippen LogP) is 0.149. The van der Waals surface area contributed by atoms with Crippen LogP contribution in [0.5, 0.6) is 0 Å². The van der Waals surface area contributed by atoms with Crippen molar-refractivity contribution in [1.82, 2.24) is 15.6 Å². The monoisotopic (exact) mass is 380 g/mol. The number of aromatic nitrogens is 1. The lowest BCUT2D eigenvalue weighted by Gasteiger charge is -2.14. The van der Waals surface area contributed by atoms with Crippen LogP contribution in [0.25, 0.3) is 0 Å². The second-order valence-corrected chi connectivity index (χ2v) is 5.90. The molecule has 138 valence electrons. The van der Waals surface area contributed by atoms with Crippen molar-refractivity contribution >= 4 is 34.8 Å². The molecule has 8 nitrogen and oxygen atoms in total. The van der Waals surface area contributed by atoms with Gasteiger partial charge in [-0.1, -0.05) is 0 Å². The quantitative estimate of drug-likeness (QED) is 0.580. The molecule has 25 heavy (non-hydrogen) atoms. The summed E-state index contributed by atoms with van der Waals surface area (Å²) < 4.78 is 37.9. The highest BCUT2D eigenvalue weighted by Crippen LogP contribution is 2.34. The fourth-order valence-electron chi connectivity index (χ4n) is 1.77. The lowest BCUT2D eigenvalue weighted by atomic mass is 10.1. The summed E-state index contributed by atoms with van der Waals surface area (Å²) in [6, 6.07) is -1.32. The van der Waals surface area contributed by atoms with Crippen LogP contribution in [0, 0.1) is 6.92 Å². The van der Waals surface area contributed by atoms with Crippen molar-refractivity contribution < 1.29 is 32.3 Å². The number of aryl methyl sites for hydroxylation is 1. The molecule has 0 saturated carbocycles. The summed E-state index contributed by atoms with van der Waals surface area (Å²) in [5, 5.41) is 3.07. The van der Waals surface area contributed by atoms with Crippen molar-refractivity contribution in [3.05, 3.63) is 15.6 Å². The first-order valence-corrected chi connectivity index (χ1v) is 7.68. The number of nitrogens with two attached hydrogens (primary N) is 1. The number of nitrogens with zero attached hydrogens (tertiary/aromatic N) is 1. The van der Waals surface area contributed by atoms with Gasteiger partial charge < -0.3 is 16.4 Å². The Bertz CT molecular complexity index is 702. The zero-order valence-electron chi connectivity index (χ0n) is 13.2. The van der Waals surface area contributed by atoms with E-state index >= 15 is 0 Å². The highest BCUT2D eigenvalue weighted by molar-refractivity contribution is 7.13. The number of ketones is 1. The first-order valence-electron chi connectivity index (χ1n) is 6.87. The molecule has 1 aromatic rings. The number of hydrogen-bond acceptors (Lipinski definition) is 6. The number of thiazole rings is 1. The largest absolute Gasteiger partial charge is 0.443 e. The first kappa shape index (κ1) is 20.5. The zero-order valence-corrected chi connectivity index (χ0v) is 14.0. The van der Waals surface area contributed by atoms with Gasteiger partial charge in [0.1, 0.15) is 10.9 Å². The maximum Gasteiger partial charge on any atom is 0.443 e. The Balaban J connectivity index is 2.84. The average molecular weight is 380 g/mol. The van der Waals surface area contributed by atoms with Gasteiger partial charge in [-0.15, -0.1) is 11.3 Å². The van der Waals surface area contributed by atoms with Gasteiger partial charge in [0.2, 0.25) is 11.7 Å². The van der Waals surface area contributed by atoms with Crippen LogP contribution in [0.4, 0.5) is 13.2 Å². The number of carbonyl (C=O) groups is 4. The summed E-state index contributed by atoms with van der Waals surface area (Å²) in [5.74, 6) is -3.66. The van der Waals surface area contributed by atoms with Crippen LogP contribution in [0.1, 0.15) is 33.2 Å². The Morgan fingerprint density at radius 3 is 2.32 bits per heavy atom. The topological polar surface area (TPSA) is 131 Å². The molecule has 0 spiro atoms. The Morgan fingerprint density at radius 2 is 1.88 bits per heavy atom. The van der Waals surface area contributed by atoms with Crippen molar-refractivity contribution in [3.8, 4) is 0 Å². The molecule has 4 N–H and O–H groups in total. The van der Waals surface area contributed by atoms with Crippen LogP contribution in [0.3, 0.4) is 0 Å². The second kappa shape index (κ2) is 8.05. The van der Waals surface area contributed by atoms with Crippen LogP contribution >= 0.6 is 11.3 Å². The molecule has 0 saturated heterocycles. The fourth-order valence-corrected chi connectivity index (χ4v) is 2.60. The van der Waals surface area contributed by atoms with Crippen molar-refractivity contribution in [3.63, 3.8) is 0 Å². The number of amides is 3. The molecule has 0 radical (unpaired) electrons. The zero-order chi connectivity index (χ0) is 19.4. The van der Waals surface area contributed by atoms with Crippen LogP contribution in [-0.2, 0) is 20.6 Å². The maximum absolute atomic E-state index is 12.6. The molecule has 0 fully saturated rings. The molecule has 1 atom stereocenters. The van der Waals surface area contributed by atoms with E-state index in [1.165, 1.54) is 14.0 Å². The van der Waals surface area contributed by atoms with Crippen molar-refractivity contribution in [2.24, 2.45) is 5.73 Å². The molecular weight excluding hydrogens is 365 g/mol. The van der Waals surface area contributed by atoms with Gasteiger partial charge in [-0.3, -0.25) is 19.2 Å². The molecule has 0 aliphatic rings. The van der Waals surface area contributed by atoms with Crippen LogP contribution < -0.4 is 16.4 Å². The molecule has 0 aliphatic carbocycles. The van der Waals surface area contributed by atoms with Crippen molar-refractivity contribution in [2.45, 2.75) is 32.0 Å². The van der Waals surface area contributed by atoms with Gasteiger partial charge in [0.25, 0.3) is 11.8 Å². The molecular formula is C13H15F3N4O4S. The summed E-state index contributed by atoms with van der Waals surface area (Å²) in [5.41, 5.74) is 4.96. The van der Waals surface area contributed by atoms with Crippen LogP contribution in [0.15, 0.2) is 0 Å². The van der Waals surface area contributed by atoms with E-state index in [1.807, 2.05) is 0 Å². The van der Waals surface area contributed by atoms with Crippen molar-refractivity contribution in [1.29, 1.82) is 0 Å². The number of hydrogen-bond donors (Lipinski definition) is 3. The van der Waals surface area contributed by atoms with E-state index in [0.29, 0.717) is 0 Å². The van der Waals surface area contributed by atoms with Crippen molar-refractivity contribution in [2.75, 3.05) is 7.05 Å². The summed E-state index contributed by atoms with van der Waals surface area (Å²) in [6.45, 7) is 1.22. The van der Waals surface area contributed by atoms with Gasteiger partial charge in [-0.2, -0.15) is 13.2 Å². The van der Waals surface area contributed by atoms with E-state index in [4.69, 9.17) is 5.73 Å².